The van der Waals surface area contributed by atoms with Crippen LogP contribution in [0, 0.1) is 11.8 Å². The quantitative estimate of drug-likeness (QED) is 0.652. The first-order chi connectivity index (χ1) is 8.41. The summed E-state index contributed by atoms with van der Waals surface area (Å²) in [7, 11) is 0. The molecule has 3 N–H and O–H groups in total. The van der Waals surface area contributed by atoms with Gasteiger partial charge in [0.2, 0.25) is 11.8 Å². The second-order valence-corrected chi connectivity index (χ2v) is 5.59. The van der Waals surface area contributed by atoms with Crippen LogP contribution in [0.5, 0.6) is 0 Å². The lowest BCUT2D eigenvalue weighted by molar-refractivity contribution is -0.142. The third kappa shape index (κ3) is 4.21. The van der Waals surface area contributed by atoms with Gasteiger partial charge in [0.05, 0.1) is 11.7 Å². The SMILES string of the molecule is C[C@@H]1CN(C(=O)CCSCC(N)=O)C[C@H]1C(=O)O. The average molecular weight is 274 g/mol. The average Bonchev–Trinajstić information content (AvgIpc) is 2.66. The first kappa shape index (κ1) is 14.8. The third-order valence-electron chi connectivity index (χ3n) is 2.99. The molecule has 0 aromatic rings. The zero-order valence-corrected chi connectivity index (χ0v) is 11.1. The number of hydrogen-bond acceptors (Lipinski definition) is 4. The second kappa shape index (κ2) is 6.63. The molecular formula is C11H18N2O4S. The number of nitrogens with two attached hydrogens (primary N) is 1. The first-order valence-electron chi connectivity index (χ1n) is 5.78. The summed E-state index contributed by atoms with van der Waals surface area (Å²) in [6.07, 6.45) is 0.316. The van der Waals surface area contributed by atoms with Crippen LogP contribution in [0.15, 0.2) is 0 Å². The Morgan fingerprint density at radius 3 is 2.56 bits per heavy atom. The number of amides is 2. The predicted octanol–water partition coefficient (Wildman–Crippen LogP) is -0.226. The molecule has 1 rings (SSSR count). The van der Waals surface area contributed by atoms with E-state index in [4.69, 9.17) is 10.8 Å². The van der Waals surface area contributed by atoms with Gasteiger partial charge in [-0.15, -0.1) is 0 Å². The minimum absolute atomic E-state index is 0.00952. The molecule has 1 heterocycles. The molecule has 1 aliphatic rings. The number of likely N-dealkylation sites (tertiary alicyclic amines) is 1. The molecule has 1 saturated heterocycles. The standard InChI is InChI=1S/C11H18N2O4S/c1-7-4-13(5-8(7)11(16)17)10(15)2-3-18-6-9(12)14/h7-8H,2-6H2,1H3,(H2,12,14)(H,16,17)/t7-,8-/m1/s1. The van der Waals surface area contributed by atoms with Gasteiger partial charge in [0, 0.05) is 25.3 Å². The van der Waals surface area contributed by atoms with Crippen molar-refractivity contribution in [1.29, 1.82) is 0 Å². The van der Waals surface area contributed by atoms with E-state index in [9.17, 15) is 14.4 Å². The van der Waals surface area contributed by atoms with Crippen LogP contribution in [-0.2, 0) is 14.4 Å². The van der Waals surface area contributed by atoms with Crippen molar-refractivity contribution < 1.29 is 19.5 Å². The highest BCUT2D eigenvalue weighted by Crippen LogP contribution is 2.23. The van der Waals surface area contributed by atoms with Crippen molar-refractivity contribution in [3.8, 4) is 0 Å². The number of carboxylic acid groups (broad SMARTS) is 1. The molecule has 0 aliphatic carbocycles. The van der Waals surface area contributed by atoms with E-state index in [1.54, 1.807) is 4.90 Å². The number of primary amides is 1. The lowest BCUT2D eigenvalue weighted by atomic mass is 9.99. The van der Waals surface area contributed by atoms with Crippen molar-refractivity contribution >= 4 is 29.5 Å². The highest BCUT2D eigenvalue weighted by molar-refractivity contribution is 7.99. The zero-order valence-electron chi connectivity index (χ0n) is 10.3. The van der Waals surface area contributed by atoms with Crippen molar-refractivity contribution in [2.75, 3.05) is 24.6 Å². The Bertz CT molecular complexity index is 348. The molecule has 2 amide bonds. The largest absolute Gasteiger partial charge is 0.481 e. The minimum Gasteiger partial charge on any atom is -0.481 e. The van der Waals surface area contributed by atoms with Crippen LogP contribution in [0.25, 0.3) is 0 Å². The summed E-state index contributed by atoms with van der Waals surface area (Å²) in [6.45, 7) is 2.63. The summed E-state index contributed by atoms with van der Waals surface area (Å²) < 4.78 is 0. The summed E-state index contributed by atoms with van der Waals surface area (Å²) in [5.74, 6) is -1.03. The van der Waals surface area contributed by atoms with Crippen LogP contribution in [0.4, 0.5) is 0 Å². The maximum atomic E-state index is 11.8. The van der Waals surface area contributed by atoms with E-state index < -0.39 is 17.8 Å². The molecule has 1 fully saturated rings. The van der Waals surface area contributed by atoms with E-state index in [-0.39, 0.29) is 24.1 Å². The van der Waals surface area contributed by atoms with E-state index in [0.29, 0.717) is 18.7 Å². The Labute approximate surface area is 110 Å². The molecule has 0 saturated carbocycles. The van der Waals surface area contributed by atoms with Crippen molar-refractivity contribution in [2.24, 2.45) is 17.6 Å². The number of aliphatic carboxylic acids is 1. The van der Waals surface area contributed by atoms with Gasteiger partial charge >= 0.3 is 5.97 Å². The van der Waals surface area contributed by atoms with Gasteiger partial charge in [-0.25, -0.2) is 0 Å². The summed E-state index contributed by atoms with van der Waals surface area (Å²) in [5.41, 5.74) is 4.98. The molecule has 102 valence electrons. The molecule has 2 atom stereocenters. The molecule has 0 spiro atoms. The Balaban J connectivity index is 2.31. The van der Waals surface area contributed by atoms with Gasteiger partial charge in [-0.1, -0.05) is 6.92 Å². The molecular weight excluding hydrogens is 256 g/mol. The Morgan fingerprint density at radius 1 is 1.39 bits per heavy atom. The molecule has 0 aromatic carbocycles. The molecule has 7 heteroatoms. The molecule has 0 radical (unpaired) electrons. The van der Waals surface area contributed by atoms with E-state index in [1.807, 2.05) is 6.92 Å². The lowest BCUT2D eigenvalue weighted by Gasteiger charge is -2.15. The number of carboxylic acids is 1. The first-order valence-corrected chi connectivity index (χ1v) is 6.94. The highest BCUT2D eigenvalue weighted by Gasteiger charge is 2.36. The lowest BCUT2D eigenvalue weighted by Crippen LogP contribution is -2.30. The van der Waals surface area contributed by atoms with Gasteiger partial charge in [-0.2, -0.15) is 11.8 Å². The van der Waals surface area contributed by atoms with Crippen LogP contribution < -0.4 is 5.73 Å². The number of rotatable bonds is 6. The molecule has 6 nitrogen and oxygen atoms in total. The zero-order chi connectivity index (χ0) is 13.7. The molecule has 0 unspecified atom stereocenters. The number of carbonyl (C=O) groups is 3. The summed E-state index contributed by atoms with van der Waals surface area (Å²) in [6, 6.07) is 0. The van der Waals surface area contributed by atoms with Gasteiger partial charge in [0.15, 0.2) is 0 Å². The van der Waals surface area contributed by atoms with Crippen LogP contribution in [-0.4, -0.2) is 52.4 Å². The molecule has 0 bridgehead atoms. The topological polar surface area (TPSA) is 101 Å². The fourth-order valence-corrected chi connectivity index (χ4v) is 2.65. The number of carbonyl (C=O) groups excluding carboxylic acids is 2. The minimum atomic E-state index is -0.846. The van der Waals surface area contributed by atoms with Gasteiger partial charge < -0.3 is 15.7 Å². The van der Waals surface area contributed by atoms with E-state index >= 15 is 0 Å². The maximum Gasteiger partial charge on any atom is 0.308 e. The fraction of sp³-hybridized carbons (Fsp3) is 0.727. The number of thioether (sulfide) groups is 1. The van der Waals surface area contributed by atoms with Gasteiger partial charge in [0.1, 0.15) is 0 Å². The monoisotopic (exact) mass is 274 g/mol. The van der Waals surface area contributed by atoms with Crippen molar-refractivity contribution in [3.05, 3.63) is 0 Å². The van der Waals surface area contributed by atoms with Crippen molar-refractivity contribution in [2.45, 2.75) is 13.3 Å². The van der Waals surface area contributed by atoms with Crippen LogP contribution in [0.2, 0.25) is 0 Å². The summed E-state index contributed by atoms with van der Waals surface area (Å²) in [4.78, 5) is 34.8. The number of nitrogens with zero attached hydrogens (tertiary/aromatic N) is 1. The second-order valence-electron chi connectivity index (χ2n) is 4.49. The van der Waals surface area contributed by atoms with Crippen LogP contribution in [0.3, 0.4) is 0 Å². The normalized spacial score (nSPS) is 23.1. The van der Waals surface area contributed by atoms with E-state index in [1.165, 1.54) is 11.8 Å². The number of hydrogen-bond donors (Lipinski definition) is 2. The summed E-state index contributed by atoms with van der Waals surface area (Å²) >= 11 is 1.32. The Hall–Kier alpha value is -1.24. The van der Waals surface area contributed by atoms with Crippen LogP contribution in [0.1, 0.15) is 13.3 Å². The molecule has 18 heavy (non-hydrogen) atoms. The molecule has 1 aliphatic heterocycles. The van der Waals surface area contributed by atoms with Gasteiger partial charge in [-0.3, -0.25) is 14.4 Å². The molecule has 0 aromatic heterocycles. The maximum absolute atomic E-state index is 11.8. The van der Waals surface area contributed by atoms with Crippen molar-refractivity contribution in [1.82, 2.24) is 4.90 Å². The van der Waals surface area contributed by atoms with Crippen LogP contribution >= 0.6 is 11.8 Å². The van der Waals surface area contributed by atoms with Gasteiger partial charge in [-0.05, 0) is 5.92 Å². The van der Waals surface area contributed by atoms with E-state index in [2.05, 4.69) is 0 Å². The predicted molar refractivity (Wildman–Crippen MR) is 68.0 cm³/mol. The Morgan fingerprint density at radius 2 is 2.06 bits per heavy atom. The third-order valence-corrected chi connectivity index (χ3v) is 3.97. The van der Waals surface area contributed by atoms with E-state index in [0.717, 1.165) is 0 Å². The smallest absolute Gasteiger partial charge is 0.308 e. The summed E-state index contributed by atoms with van der Waals surface area (Å²) in [5, 5.41) is 8.96. The fourth-order valence-electron chi connectivity index (χ4n) is 1.98. The van der Waals surface area contributed by atoms with Crippen molar-refractivity contribution in [3.63, 3.8) is 0 Å². The van der Waals surface area contributed by atoms with Gasteiger partial charge in [0.25, 0.3) is 0 Å². The highest BCUT2D eigenvalue weighted by atomic mass is 32.2. The Kier molecular flexibility index (Phi) is 5.46.